The molecule has 142 valence electrons. The third-order valence-electron chi connectivity index (χ3n) is 5.74. The van der Waals surface area contributed by atoms with E-state index in [9.17, 15) is 13.2 Å². The van der Waals surface area contributed by atoms with Gasteiger partial charge in [0.25, 0.3) is 0 Å². The Bertz CT molecular complexity index is 912. The van der Waals surface area contributed by atoms with Crippen LogP contribution in [0.15, 0.2) is 18.3 Å². The molecule has 5 nitrogen and oxygen atoms in total. The van der Waals surface area contributed by atoms with Crippen molar-refractivity contribution in [1.29, 1.82) is 5.26 Å². The number of anilines is 1. The van der Waals surface area contributed by atoms with Gasteiger partial charge in [-0.1, -0.05) is 0 Å². The summed E-state index contributed by atoms with van der Waals surface area (Å²) in [5, 5.41) is 13.7. The van der Waals surface area contributed by atoms with Gasteiger partial charge >= 0.3 is 6.18 Å². The van der Waals surface area contributed by atoms with Gasteiger partial charge in [0.2, 0.25) is 0 Å². The molecule has 27 heavy (non-hydrogen) atoms. The van der Waals surface area contributed by atoms with E-state index in [0.717, 1.165) is 24.6 Å². The van der Waals surface area contributed by atoms with Gasteiger partial charge in [-0.25, -0.2) is 4.98 Å². The van der Waals surface area contributed by atoms with Gasteiger partial charge in [-0.15, -0.1) is 0 Å². The number of hydrogen-bond donors (Lipinski definition) is 1. The molecule has 0 aromatic carbocycles. The van der Waals surface area contributed by atoms with E-state index in [-0.39, 0.29) is 12.0 Å². The largest absolute Gasteiger partial charge is 0.419 e. The lowest BCUT2D eigenvalue weighted by Gasteiger charge is -2.13. The molecule has 4 rings (SSSR count). The quantitative estimate of drug-likeness (QED) is 0.863. The summed E-state index contributed by atoms with van der Waals surface area (Å²) in [4.78, 5) is 3.72. The Morgan fingerprint density at radius 1 is 1.26 bits per heavy atom. The first-order chi connectivity index (χ1) is 12.7. The summed E-state index contributed by atoms with van der Waals surface area (Å²) in [5.74, 6) is 0.886. The van der Waals surface area contributed by atoms with Crippen LogP contribution in [0, 0.1) is 29.1 Å². The summed E-state index contributed by atoms with van der Waals surface area (Å²) < 4.78 is 41.3. The second-order valence-electron chi connectivity index (χ2n) is 7.80. The Labute approximate surface area is 155 Å². The molecule has 0 spiro atoms. The lowest BCUT2D eigenvalue weighted by atomic mass is 9.99. The van der Waals surface area contributed by atoms with Crippen LogP contribution in [0.4, 0.5) is 19.0 Å². The molecule has 4 atom stereocenters. The standard InChI is InChI=1S/C19H20F3N5/c1-9(2)27-16(17-12-3-10(7-23)4-13(12)17)6-15(26-27)11-5-14(19(20,21)22)18(24)25-8-11/h5-6,8-10,12-13,17H,3-4H2,1-2H3,(H2,24,25)/t10-,12-,13+,17+. The van der Waals surface area contributed by atoms with Gasteiger partial charge in [-0.2, -0.15) is 23.5 Å². The Balaban J connectivity index is 1.70. The highest BCUT2D eigenvalue weighted by molar-refractivity contribution is 5.63. The number of nitrogen functional groups attached to an aromatic ring is 1. The Kier molecular flexibility index (Phi) is 3.95. The van der Waals surface area contributed by atoms with Gasteiger partial charge in [0, 0.05) is 35.3 Å². The van der Waals surface area contributed by atoms with Crippen LogP contribution in [-0.2, 0) is 6.18 Å². The van der Waals surface area contributed by atoms with Crippen molar-refractivity contribution in [3.8, 4) is 17.3 Å². The smallest absolute Gasteiger partial charge is 0.383 e. The van der Waals surface area contributed by atoms with Crippen LogP contribution in [0.2, 0.25) is 0 Å². The third kappa shape index (κ3) is 2.95. The average Bonchev–Trinajstić information content (AvgIpc) is 2.99. The molecule has 0 bridgehead atoms. The van der Waals surface area contributed by atoms with Crippen molar-refractivity contribution in [1.82, 2.24) is 14.8 Å². The summed E-state index contributed by atoms with van der Waals surface area (Å²) in [7, 11) is 0. The van der Waals surface area contributed by atoms with Crippen LogP contribution >= 0.6 is 0 Å². The van der Waals surface area contributed by atoms with Crippen LogP contribution in [0.5, 0.6) is 0 Å². The predicted octanol–water partition coefficient (Wildman–Crippen LogP) is 4.39. The van der Waals surface area contributed by atoms with Gasteiger partial charge in [0.05, 0.1) is 17.3 Å². The number of alkyl halides is 3. The summed E-state index contributed by atoms with van der Waals surface area (Å²) in [5.41, 5.74) is 6.27. The molecule has 2 aromatic heterocycles. The van der Waals surface area contributed by atoms with E-state index in [1.807, 2.05) is 24.6 Å². The minimum Gasteiger partial charge on any atom is -0.383 e. The second-order valence-corrected chi connectivity index (χ2v) is 7.80. The fourth-order valence-corrected chi connectivity index (χ4v) is 4.44. The van der Waals surface area contributed by atoms with E-state index >= 15 is 0 Å². The molecule has 2 N–H and O–H groups in total. The number of pyridine rings is 1. The predicted molar refractivity (Wildman–Crippen MR) is 93.3 cm³/mol. The molecule has 2 fully saturated rings. The maximum Gasteiger partial charge on any atom is 0.419 e. The zero-order valence-electron chi connectivity index (χ0n) is 15.0. The molecule has 0 unspecified atom stereocenters. The van der Waals surface area contributed by atoms with E-state index in [4.69, 9.17) is 11.0 Å². The SMILES string of the molecule is CC(C)n1nc(-c2cnc(N)c(C(F)(F)F)c2)cc1[C@H]1[C@@H]2C[C@@H](C#N)C[C@@H]21. The fraction of sp³-hybridized carbons (Fsp3) is 0.526. The molecule has 0 amide bonds. The number of aromatic nitrogens is 3. The minimum atomic E-state index is -4.56. The number of hydrogen-bond acceptors (Lipinski definition) is 4. The lowest BCUT2D eigenvalue weighted by Crippen LogP contribution is -2.10. The Morgan fingerprint density at radius 2 is 1.93 bits per heavy atom. The minimum absolute atomic E-state index is 0.0886. The summed E-state index contributed by atoms with van der Waals surface area (Å²) in [6.07, 6.45) is -1.44. The highest BCUT2D eigenvalue weighted by Crippen LogP contribution is 2.65. The first-order valence-electron chi connectivity index (χ1n) is 9.02. The molecule has 2 saturated carbocycles. The van der Waals surface area contributed by atoms with Crippen molar-refractivity contribution in [2.45, 2.75) is 44.8 Å². The molecule has 0 saturated heterocycles. The van der Waals surface area contributed by atoms with Crippen LogP contribution in [0.25, 0.3) is 11.3 Å². The van der Waals surface area contributed by atoms with Crippen LogP contribution in [0.3, 0.4) is 0 Å². The fourth-order valence-electron chi connectivity index (χ4n) is 4.44. The summed E-state index contributed by atoms with van der Waals surface area (Å²) in [6, 6.07) is 5.32. The maximum absolute atomic E-state index is 13.1. The third-order valence-corrected chi connectivity index (χ3v) is 5.74. The summed E-state index contributed by atoms with van der Waals surface area (Å²) >= 11 is 0. The lowest BCUT2D eigenvalue weighted by molar-refractivity contribution is -0.137. The molecule has 2 aliphatic carbocycles. The van der Waals surface area contributed by atoms with Gasteiger partial charge < -0.3 is 5.73 Å². The first-order valence-corrected chi connectivity index (χ1v) is 9.02. The highest BCUT2D eigenvalue weighted by Gasteiger charge is 2.58. The molecular formula is C19H20F3N5. The van der Waals surface area contributed by atoms with Crippen LogP contribution < -0.4 is 5.73 Å². The van der Waals surface area contributed by atoms with Crippen LogP contribution in [-0.4, -0.2) is 14.8 Å². The number of nitrogens with zero attached hydrogens (tertiary/aromatic N) is 4. The van der Waals surface area contributed by atoms with Crippen molar-refractivity contribution in [3.63, 3.8) is 0 Å². The topological polar surface area (TPSA) is 80.5 Å². The number of halogens is 3. The van der Waals surface area contributed by atoms with Crippen molar-refractivity contribution in [2.24, 2.45) is 17.8 Å². The Hall–Kier alpha value is -2.56. The number of rotatable bonds is 3. The van der Waals surface area contributed by atoms with E-state index in [1.165, 1.54) is 6.20 Å². The number of nitriles is 1. The highest BCUT2D eigenvalue weighted by atomic mass is 19.4. The van der Waals surface area contributed by atoms with Gasteiger partial charge in [-0.05, 0) is 50.7 Å². The molecular weight excluding hydrogens is 355 g/mol. The van der Waals surface area contributed by atoms with E-state index < -0.39 is 17.6 Å². The van der Waals surface area contributed by atoms with E-state index in [0.29, 0.717) is 29.0 Å². The monoisotopic (exact) mass is 375 g/mol. The maximum atomic E-state index is 13.1. The van der Waals surface area contributed by atoms with E-state index in [1.54, 1.807) is 0 Å². The molecule has 2 aliphatic rings. The number of nitrogens with two attached hydrogens (primary N) is 1. The average molecular weight is 375 g/mol. The Morgan fingerprint density at radius 3 is 2.48 bits per heavy atom. The van der Waals surface area contributed by atoms with E-state index in [2.05, 4.69) is 16.2 Å². The van der Waals surface area contributed by atoms with Crippen molar-refractivity contribution < 1.29 is 13.2 Å². The first kappa shape index (κ1) is 17.8. The molecule has 2 heterocycles. The number of fused-ring (bicyclic) bond motifs is 1. The van der Waals surface area contributed by atoms with Crippen molar-refractivity contribution in [2.75, 3.05) is 5.73 Å². The molecule has 0 aliphatic heterocycles. The van der Waals surface area contributed by atoms with Crippen LogP contribution in [0.1, 0.15) is 49.9 Å². The zero-order valence-corrected chi connectivity index (χ0v) is 15.0. The molecule has 2 aromatic rings. The molecule has 8 heteroatoms. The molecule has 0 radical (unpaired) electrons. The normalized spacial score (nSPS) is 26.9. The summed E-state index contributed by atoms with van der Waals surface area (Å²) in [6.45, 7) is 4.00. The van der Waals surface area contributed by atoms with Crippen molar-refractivity contribution >= 4 is 5.82 Å². The van der Waals surface area contributed by atoms with Gasteiger partial charge in [-0.3, -0.25) is 4.68 Å². The second kappa shape index (κ2) is 5.98. The van der Waals surface area contributed by atoms with Crippen molar-refractivity contribution in [3.05, 3.63) is 29.6 Å². The van der Waals surface area contributed by atoms with Gasteiger partial charge in [0.1, 0.15) is 5.82 Å². The van der Waals surface area contributed by atoms with Gasteiger partial charge in [0.15, 0.2) is 0 Å². The zero-order chi connectivity index (χ0) is 19.5.